The van der Waals surface area contributed by atoms with Crippen LogP contribution in [0.15, 0.2) is 30.5 Å². The number of hydrogen-bond acceptors (Lipinski definition) is 7. The highest BCUT2D eigenvalue weighted by Gasteiger charge is 2.39. The molecule has 1 fully saturated rings. The zero-order valence-electron chi connectivity index (χ0n) is 18.4. The quantitative estimate of drug-likeness (QED) is 0.428. The molecule has 3 N–H and O–H groups in total. The highest BCUT2D eigenvalue weighted by molar-refractivity contribution is 6.32. The lowest BCUT2D eigenvalue weighted by atomic mass is 9.80. The van der Waals surface area contributed by atoms with Gasteiger partial charge >= 0.3 is 0 Å². The van der Waals surface area contributed by atoms with Crippen molar-refractivity contribution in [3.8, 4) is 28.1 Å². The van der Waals surface area contributed by atoms with Gasteiger partial charge < -0.3 is 10.4 Å². The lowest BCUT2D eigenvalue weighted by molar-refractivity contribution is 0.127. The molecule has 0 amide bonds. The molecule has 1 aromatic carbocycles. The zero-order chi connectivity index (χ0) is 22.7. The van der Waals surface area contributed by atoms with E-state index in [2.05, 4.69) is 63.7 Å². The van der Waals surface area contributed by atoms with Crippen molar-refractivity contribution < 1.29 is 5.11 Å². The molecule has 1 aliphatic heterocycles. The van der Waals surface area contributed by atoms with E-state index in [-0.39, 0.29) is 22.9 Å². The predicted molar refractivity (Wildman–Crippen MR) is 122 cm³/mol. The Morgan fingerprint density at radius 2 is 1.78 bits per heavy atom. The summed E-state index contributed by atoms with van der Waals surface area (Å²) in [6, 6.07) is 7.25. The van der Waals surface area contributed by atoms with Gasteiger partial charge in [0.2, 0.25) is 5.65 Å². The van der Waals surface area contributed by atoms with Crippen molar-refractivity contribution >= 4 is 22.8 Å². The number of piperidine rings is 1. The molecular formula is C22H25ClN8O. The fourth-order valence-electron chi connectivity index (χ4n) is 4.96. The van der Waals surface area contributed by atoms with E-state index in [1.807, 2.05) is 16.8 Å². The van der Waals surface area contributed by atoms with Crippen molar-refractivity contribution in [1.29, 1.82) is 0 Å². The summed E-state index contributed by atoms with van der Waals surface area (Å²) in [5, 5.41) is 38.9. The summed E-state index contributed by atoms with van der Waals surface area (Å²) in [6.07, 6.45) is 3.51. The number of phenols is 1. The maximum absolute atomic E-state index is 10.6. The van der Waals surface area contributed by atoms with E-state index < -0.39 is 0 Å². The van der Waals surface area contributed by atoms with Gasteiger partial charge in [0.15, 0.2) is 5.15 Å². The van der Waals surface area contributed by atoms with Crippen molar-refractivity contribution in [2.75, 3.05) is 0 Å². The number of H-pyrrole nitrogens is 1. The number of aromatic hydroxyl groups is 1. The van der Waals surface area contributed by atoms with Gasteiger partial charge in [-0.1, -0.05) is 22.9 Å². The molecule has 0 saturated carbocycles. The Hall–Kier alpha value is -3.04. The maximum Gasteiger partial charge on any atom is 0.201 e. The lowest BCUT2D eigenvalue weighted by Gasteiger charge is -2.46. The molecular weight excluding hydrogens is 428 g/mol. The average Bonchev–Trinajstić information content (AvgIpc) is 3.31. The van der Waals surface area contributed by atoms with Gasteiger partial charge in [0.1, 0.15) is 11.3 Å². The van der Waals surface area contributed by atoms with Gasteiger partial charge in [-0.05, 0) is 64.3 Å². The molecule has 3 aromatic heterocycles. The predicted octanol–water partition coefficient (Wildman–Crippen LogP) is 4.12. The Morgan fingerprint density at radius 1 is 1.03 bits per heavy atom. The smallest absolute Gasteiger partial charge is 0.201 e. The number of halogens is 1. The Bertz CT molecular complexity index is 1290. The van der Waals surface area contributed by atoms with E-state index >= 15 is 0 Å². The van der Waals surface area contributed by atoms with Crippen LogP contribution in [0.4, 0.5) is 0 Å². The number of fused-ring (bicyclic) bond motifs is 1. The number of aromatic nitrogens is 7. The number of aromatic amines is 1. The standard InChI is InChI=1S/C22H25ClN8O/c1-21(2)9-13(10-22(3,4)29-21)31-20-17(26-30-31)8-16(25-28-20)14-6-5-12(7-18(14)32)15-11-24-27-19(15)23/h5-8,11,13,29,32H,9-10H2,1-4H3,(H,24,27). The molecule has 0 spiro atoms. The molecule has 0 bridgehead atoms. The van der Waals surface area contributed by atoms with Gasteiger partial charge in [-0.15, -0.1) is 15.3 Å². The number of nitrogens with zero attached hydrogens (tertiary/aromatic N) is 6. The molecule has 1 saturated heterocycles. The SMILES string of the molecule is CC1(C)CC(n2nnc3cc(-c4ccc(-c5c[nH]nc5Cl)cc4O)nnc32)CC(C)(C)N1. The highest BCUT2D eigenvalue weighted by Crippen LogP contribution is 2.38. The Morgan fingerprint density at radius 3 is 2.44 bits per heavy atom. The number of hydrogen-bond donors (Lipinski definition) is 3. The van der Waals surface area contributed by atoms with Crippen LogP contribution >= 0.6 is 11.6 Å². The molecule has 166 valence electrons. The van der Waals surface area contributed by atoms with Crippen LogP contribution in [0, 0.1) is 0 Å². The van der Waals surface area contributed by atoms with Crippen LogP contribution in [0.5, 0.6) is 5.75 Å². The first-order valence-electron chi connectivity index (χ1n) is 10.5. The second-order valence-corrected chi connectivity index (χ2v) is 10.1. The van der Waals surface area contributed by atoms with Gasteiger partial charge in [-0.2, -0.15) is 5.10 Å². The van der Waals surface area contributed by atoms with Crippen molar-refractivity contribution in [3.05, 3.63) is 35.6 Å². The van der Waals surface area contributed by atoms with Crippen molar-refractivity contribution in [2.24, 2.45) is 0 Å². The van der Waals surface area contributed by atoms with Crippen molar-refractivity contribution in [3.63, 3.8) is 0 Å². The van der Waals surface area contributed by atoms with E-state index in [9.17, 15) is 5.11 Å². The van der Waals surface area contributed by atoms with Crippen LogP contribution in [0.25, 0.3) is 33.5 Å². The minimum absolute atomic E-state index is 0.0243. The number of nitrogens with one attached hydrogen (secondary N) is 2. The van der Waals surface area contributed by atoms with Gasteiger partial charge in [0, 0.05) is 28.4 Å². The molecule has 9 nitrogen and oxygen atoms in total. The second kappa shape index (κ2) is 7.25. The molecule has 1 aliphatic rings. The third kappa shape index (κ3) is 3.71. The molecule has 32 heavy (non-hydrogen) atoms. The van der Waals surface area contributed by atoms with Crippen LogP contribution < -0.4 is 5.32 Å². The largest absolute Gasteiger partial charge is 0.507 e. The van der Waals surface area contributed by atoms with Crippen molar-refractivity contribution in [2.45, 2.75) is 57.7 Å². The summed E-state index contributed by atoms with van der Waals surface area (Å²) in [5.41, 5.74) is 3.79. The minimum Gasteiger partial charge on any atom is -0.507 e. The second-order valence-electron chi connectivity index (χ2n) is 9.75. The van der Waals surface area contributed by atoms with Crippen LogP contribution in [-0.4, -0.2) is 51.6 Å². The fraction of sp³-hybridized carbons (Fsp3) is 0.409. The van der Waals surface area contributed by atoms with E-state index in [0.29, 0.717) is 33.1 Å². The van der Waals surface area contributed by atoms with E-state index in [0.717, 1.165) is 18.4 Å². The Kier molecular flexibility index (Phi) is 4.72. The Labute approximate surface area is 190 Å². The molecule has 5 rings (SSSR count). The van der Waals surface area contributed by atoms with Crippen molar-refractivity contribution in [1.82, 2.24) is 40.7 Å². The molecule has 0 radical (unpaired) electrons. The number of benzene rings is 1. The summed E-state index contributed by atoms with van der Waals surface area (Å²) >= 11 is 6.08. The molecule has 4 heterocycles. The summed E-state index contributed by atoms with van der Waals surface area (Å²) in [7, 11) is 0. The zero-order valence-corrected chi connectivity index (χ0v) is 19.1. The first-order valence-corrected chi connectivity index (χ1v) is 10.9. The number of phenolic OH excluding ortho intramolecular Hbond substituents is 1. The minimum atomic E-state index is -0.0243. The summed E-state index contributed by atoms with van der Waals surface area (Å²) in [6.45, 7) is 8.81. The first kappa shape index (κ1) is 20.8. The van der Waals surface area contributed by atoms with E-state index in [4.69, 9.17) is 11.6 Å². The lowest BCUT2D eigenvalue weighted by Crippen LogP contribution is -2.58. The molecule has 0 aliphatic carbocycles. The number of rotatable bonds is 3. The maximum atomic E-state index is 10.6. The van der Waals surface area contributed by atoms with Gasteiger partial charge in [-0.3, -0.25) is 5.10 Å². The van der Waals surface area contributed by atoms with Gasteiger partial charge in [0.05, 0.1) is 11.7 Å². The summed E-state index contributed by atoms with van der Waals surface area (Å²) < 4.78 is 1.89. The van der Waals surface area contributed by atoms with E-state index in [1.165, 1.54) is 0 Å². The average molecular weight is 453 g/mol. The third-order valence-corrected chi connectivity index (χ3v) is 6.20. The van der Waals surface area contributed by atoms with Gasteiger partial charge in [-0.25, -0.2) is 4.68 Å². The molecule has 4 aromatic rings. The van der Waals surface area contributed by atoms with Crippen LogP contribution in [0.3, 0.4) is 0 Å². The fourth-order valence-corrected chi connectivity index (χ4v) is 5.17. The highest BCUT2D eigenvalue weighted by atomic mass is 35.5. The van der Waals surface area contributed by atoms with E-state index in [1.54, 1.807) is 18.3 Å². The monoisotopic (exact) mass is 452 g/mol. The van der Waals surface area contributed by atoms with Crippen LogP contribution in [0.2, 0.25) is 5.15 Å². The van der Waals surface area contributed by atoms with Crippen LogP contribution in [-0.2, 0) is 0 Å². The van der Waals surface area contributed by atoms with Crippen LogP contribution in [0.1, 0.15) is 46.6 Å². The summed E-state index contributed by atoms with van der Waals surface area (Å²) in [5.74, 6) is 0.0719. The summed E-state index contributed by atoms with van der Waals surface area (Å²) in [4.78, 5) is 0. The van der Waals surface area contributed by atoms with Gasteiger partial charge in [0.25, 0.3) is 0 Å². The normalized spacial score (nSPS) is 18.3. The first-order chi connectivity index (χ1) is 15.1. The molecule has 10 heteroatoms. The third-order valence-electron chi connectivity index (χ3n) is 5.91. The molecule has 0 unspecified atom stereocenters. The topological polar surface area (TPSA) is 117 Å². The molecule has 0 atom stereocenters. The Balaban J connectivity index is 1.49.